The van der Waals surface area contributed by atoms with Gasteiger partial charge in [-0.1, -0.05) is 13.8 Å². The van der Waals surface area contributed by atoms with Crippen molar-refractivity contribution in [3.05, 3.63) is 17.0 Å². The van der Waals surface area contributed by atoms with Crippen molar-refractivity contribution in [3.8, 4) is 0 Å². The highest BCUT2D eigenvalue weighted by atomic mass is 15.3. The molecule has 0 fully saturated rings. The molecular weight excluding hydrogens is 312 g/mol. The molecule has 0 bridgehead atoms. The predicted octanol–water partition coefficient (Wildman–Crippen LogP) is 2.11. The summed E-state index contributed by atoms with van der Waals surface area (Å²) in [6.45, 7) is 15.7. The highest BCUT2D eigenvalue weighted by molar-refractivity contribution is 5.80. The van der Waals surface area contributed by atoms with Crippen LogP contribution in [-0.2, 0) is 13.5 Å². The van der Waals surface area contributed by atoms with E-state index in [0.29, 0.717) is 0 Å². The number of rotatable bonds is 8. The van der Waals surface area contributed by atoms with Gasteiger partial charge in [0.05, 0.1) is 5.69 Å². The van der Waals surface area contributed by atoms with E-state index in [0.717, 1.165) is 37.7 Å². The van der Waals surface area contributed by atoms with Crippen LogP contribution in [0.1, 0.15) is 44.6 Å². The lowest BCUT2D eigenvalue weighted by Crippen LogP contribution is -2.44. The fraction of sp³-hybridized carbons (Fsp3) is 0.789. The van der Waals surface area contributed by atoms with E-state index in [9.17, 15) is 0 Å². The van der Waals surface area contributed by atoms with Gasteiger partial charge in [-0.2, -0.15) is 5.10 Å². The van der Waals surface area contributed by atoms with Crippen molar-refractivity contribution in [2.75, 3.05) is 33.7 Å². The van der Waals surface area contributed by atoms with Gasteiger partial charge in [0.1, 0.15) is 0 Å². The molecule has 1 aromatic rings. The molecule has 1 aromatic heterocycles. The summed E-state index contributed by atoms with van der Waals surface area (Å²) in [5, 5.41) is 11.4. The monoisotopic (exact) mass is 350 g/mol. The van der Waals surface area contributed by atoms with Crippen LogP contribution in [0, 0.1) is 19.3 Å². The quantitative estimate of drug-likeness (QED) is 0.557. The van der Waals surface area contributed by atoms with Gasteiger partial charge in [-0.3, -0.25) is 9.67 Å². The van der Waals surface area contributed by atoms with Gasteiger partial charge in [-0.25, -0.2) is 0 Å². The number of aliphatic imine (C=N–C) groups is 1. The Balaban J connectivity index is 2.74. The van der Waals surface area contributed by atoms with Crippen molar-refractivity contribution in [2.24, 2.45) is 17.5 Å². The predicted molar refractivity (Wildman–Crippen MR) is 107 cm³/mol. The largest absolute Gasteiger partial charge is 0.357 e. The van der Waals surface area contributed by atoms with Gasteiger partial charge in [-0.15, -0.1) is 0 Å². The first-order valence-electron chi connectivity index (χ1n) is 9.24. The molecule has 0 saturated carbocycles. The van der Waals surface area contributed by atoms with Crippen molar-refractivity contribution in [1.29, 1.82) is 0 Å². The number of nitrogens with one attached hydrogen (secondary N) is 2. The van der Waals surface area contributed by atoms with Crippen molar-refractivity contribution < 1.29 is 0 Å². The molecular formula is C19H38N6. The molecule has 0 spiro atoms. The lowest BCUT2D eigenvalue weighted by Gasteiger charge is -2.27. The molecule has 0 saturated heterocycles. The summed E-state index contributed by atoms with van der Waals surface area (Å²) in [5.41, 5.74) is 3.82. The molecule has 25 heavy (non-hydrogen) atoms. The van der Waals surface area contributed by atoms with E-state index in [-0.39, 0.29) is 11.5 Å². The van der Waals surface area contributed by atoms with Gasteiger partial charge in [0, 0.05) is 38.4 Å². The van der Waals surface area contributed by atoms with Gasteiger partial charge in [0.25, 0.3) is 0 Å². The first-order valence-corrected chi connectivity index (χ1v) is 9.24. The van der Waals surface area contributed by atoms with Crippen LogP contribution in [0.2, 0.25) is 0 Å². The smallest absolute Gasteiger partial charge is 0.191 e. The second kappa shape index (κ2) is 9.22. The van der Waals surface area contributed by atoms with E-state index in [1.165, 1.54) is 11.3 Å². The van der Waals surface area contributed by atoms with Crippen LogP contribution in [0.3, 0.4) is 0 Å². The Morgan fingerprint density at radius 1 is 1.32 bits per heavy atom. The Morgan fingerprint density at radius 2 is 1.96 bits per heavy atom. The minimum Gasteiger partial charge on any atom is -0.357 e. The molecule has 144 valence electrons. The van der Waals surface area contributed by atoms with Gasteiger partial charge in [0.15, 0.2) is 5.96 Å². The van der Waals surface area contributed by atoms with E-state index < -0.39 is 0 Å². The highest BCUT2D eigenvalue weighted by Crippen LogP contribution is 2.16. The zero-order valence-corrected chi connectivity index (χ0v) is 17.7. The molecule has 1 heterocycles. The normalized spacial score (nSPS) is 14.1. The molecule has 0 aliphatic rings. The topological polar surface area (TPSA) is 57.5 Å². The van der Waals surface area contributed by atoms with Gasteiger partial charge >= 0.3 is 0 Å². The lowest BCUT2D eigenvalue weighted by molar-refractivity contribution is 0.248. The molecule has 1 unspecified atom stereocenters. The third kappa shape index (κ3) is 7.06. The molecule has 0 radical (unpaired) electrons. The first-order chi connectivity index (χ1) is 11.6. The van der Waals surface area contributed by atoms with E-state index in [1.807, 2.05) is 11.7 Å². The Kier molecular flexibility index (Phi) is 7.93. The van der Waals surface area contributed by atoms with E-state index in [1.54, 1.807) is 0 Å². The van der Waals surface area contributed by atoms with E-state index in [2.05, 4.69) is 76.3 Å². The zero-order chi connectivity index (χ0) is 19.2. The van der Waals surface area contributed by atoms with Crippen LogP contribution < -0.4 is 10.6 Å². The van der Waals surface area contributed by atoms with Gasteiger partial charge in [-0.05, 0) is 59.2 Å². The van der Waals surface area contributed by atoms with Crippen molar-refractivity contribution in [1.82, 2.24) is 25.3 Å². The van der Waals surface area contributed by atoms with E-state index in [4.69, 9.17) is 4.99 Å². The summed E-state index contributed by atoms with van der Waals surface area (Å²) >= 11 is 0. The third-order valence-corrected chi connectivity index (χ3v) is 4.31. The minimum absolute atomic E-state index is 0.144. The molecule has 1 atom stereocenters. The molecule has 6 nitrogen and oxygen atoms in total. The zero-order valence-electron chi connectivity index (χ0n) is 17.7. The number of guanidine groups is 1. The van der Waals surface area contributed by atoms with Crippen LogP contribution >= 0.6 is 0 Å². The highest BCUT2D eigenvalue weighted by Gasteiger charge is 2.19. The molecule has 0 aromatic carbocycles. The maximum absolute atomic E-state index is 4.82. The van der Waals surface area contributed by atoms with Crippen LogP contribution in [-0.4, -0.2) is 60.4 Å². The maximum atomic E-state index is 4.82. The first kappa shape index (κ1) is 21.5. The SMILES string of the molecule is CCNC(=NCC(C)(C)CN(C)C)NC(C)Cc1c(C)nn(C)c1C. The Labute approximate surface area is 154 Å². The summed E-state index contributed by atoms with van der Waals surface area (Å²) in [6, 6.07) is 0.288. The second-order valence-electron chi connectivity index (χ2n) is 8.12. The van der Waals surface area contributed by atoms with Gasteiger partial charge < -0.3 is 15.5 Å². The average molecular weight is 351 g/mol. The van der Waals surface area contributed by atoms with Crippen LogP contribution in [0.25, 0.3) is 0 Å². The second-order valence-corrected chi connectivity index (χ2v) is 8.12. The summed E-state index contributed by atoms with van der Waals surface area (Å²) in [5.74, 6) is 0.890. The van der Waals surface area contributed by atoms with Crippen molar-refractivity contribution >= 4 is 5.96 Å². The summed E-state index contributed by atoms with van der Waals surface area (Å²) in [7, 11) is 6.22. The van der Waals surface area contributed by atoms with Crippen molar-refractivity contribution in [3.63, 3.8) is 0 Å². The fourth-order valence-corrected chi connectivity index (χ4v) is 3.22. The minimum atomic E-state index is 0.144. The molecule has 1 rings (SSSR count). The average Bonchev–Trinajstić information content (AvgIpc) is 2.70. The standard InChI is InChI=1S/C19H38N6/c1-10-20-18(21-12-19(5,6)13-24(7)8)22-14(2)11-17-15(3)23-25(9)16(17)4/h14H,10-13H2,1-9H3,(H2,20,21,22). The van der Waals surface area contributed by atoms with Crippen LogP contribution in [0.15, 0.2) is 4.99 Å². The Bertz CT molecular complexity index is 571. The van der Waals surface area contributed by atoms with Gasteiger partial charge in [0.2, 0.25) is 0 Å². The molecule has 0 aliphatic heterocycles. The summed E-state index contributed by atoms with van der Waals surface area (Å²) < 4.78 is 1.96. The number of hydrogen-bond acceptors (Lipinski definition) is 3. The number of hydrogen-bond donors (Lipinski definition) is 2. The summed E-state index contributed by atoms with van der Waals surface area (Å²) in [4.78, 5) is 7.03. The summed E-state index contributed by atoms with van der Waals surface area (Å²) in [6.07, 6.45) is 0.941. The lowest BCUT2D eigenvalue weighted by atomic mass is 9.93. The number of aromatic nitrogens is 2. The molecule has 6 heteroatoms. The Hall–Kier alpha value is -1.56. The third-order valence-electron chi connectivity index (χ3n) is 4.31. The Morgan fingerprint density at radius 3 is 2.44 bits per heavy atom. The fourth-order valence-electron chi connectivity index (χ4n) is 3.22. The van der Waals surface area contributed by atoms with E-state index >= 15 is 0 Å². The molecule has 0 amide bonds. The number of nitrogens with zero attached hydrogens (tertiary/aromatic N) is 4. The molecule has 2 N–H and O–H groups in total. The van der Waals surface area contributed by atoms with Crippen LogP contribution in [0.4, 0.5) is 0 Å². The van der Waals surface area contributed by atoms with Crippen molar-refractivity contribution in [2.45, 2.75) is 54.0 Å². The molecule has 0 aliphatic carbocycles. The maximum Gasteiger partial charge on any atom is 0.191 e. The van der Waals surface area contributed by atoms with Crippen LogP contribution in [0.5, 0.6) is 0 Å². The number of aryl methyl sites for hydroxylation is 2.